The Morgan fingerprint density at radius 3 is 2.62 bits per heavy atom. The topological polar surface area (TPSA) is 84.2 Å². The second-order valence-corrected chi connectivity index (χ2v) is 4.91. The van der Waals surface area contributed by atoms with Gasteiger partial charge >= 0.3 is 5.97 Å². The van der Waals surface area contributed by atoms with E-state index in [1.165, 1.54) is 6.92 Å². The first-order valence-electron chi connectivity index (χ1n) is 6.63. The zero-order chi connectivity index (χ0) is 15.4. The van der Waals surface area contributed by atoms with Crippen LogP contribution in [-0.2, 0) is 9.59 Å². The van der Waals surface area contributed by atoms with E-state index in [1.807, 2.05) is 12.1 Å². The first kappa shape index (κ1) is 14.8. The minimum absolute atomic E-state index is 0.317. The van der Waals surface area contributed by atoms with Crippen LogP contribution < -0.4 is 5.32 Å². The molecule has 2 rings (SSSR count). The van der Waals surface area contributed by atoms with Crippen LogP contribution in [0.25, 0.3) is 5.69 Å². The third-order valence-corrected chi connectivity index (χ3v) is 3.44. The van der Waals surface area contributed by atoms with Crippen LogP contribution in [0.1, 0.15) is 13.8 Å². The van der Waals surface area contributed by atoms with Gasteiger partial charge in [0.05, 0.1) is 11.6 Å². The number of nitrogens with zero attached hydrogens (tertiary/aromatic N) is 2. The highest BCUT2D eigenvalue weighted by atomic mass is 16.4. The third-order valence-electron chi connectivity index (χ3n) is 3.44. The Kier molecular flexibility index (Phi) is 4.37. The fraction of sp³-hybridized carbons (Fsp3) is 0.267. The number of carbonyl (C=O) groups is 2. The SMILES string of the molecule is CC(C(=O)O)C(C)C(=O)Nc1cccc(-n2cccn2)c1. The number of aromatic nitrogens is 2. The molecule has 0 saturated carbocycles. The van der Waals surface area contributed by atoms with Crippen LogP contribution in [0.3, 0.4) is 0 Å². The Morgan fingerprint density at radius 1 is 1.24 bits per heavy atom. The monoisotopic (exact) mass is 287 g/mol. The fourth-order valence-corrected chi connectivity index (χ4v) is 1.84. The summed E-state index contributed by atoms with van der Waals surface area (Å²) in [5.41, 5.74) is 1.43. The van der Waals surface area contributed by atoms with Gasteiger partial charge in [-0.15, -0.1) is 0 Å². The number of carboxylic acids is 1. The summed E-state index contributed by atoms with van der Waals surface area (Å²) in [6.07, 6.45) is 3.47. The molecule has 21 heavy (non-hydrogen) atoms. The van der Waals surface area contributed by atoms with Gasteiger partial charge in [0, 0.05) is 24.0 Å². The van der Waals surface area contributed by atoms with Gasteiger partial charge in [-0.3, -0.25) is 9.59 Å². The van der Waals surface area contributed by atoms with Crippen LogP contribution >= 0.6 is 0 Å². The highest BCUT2D eigenvalue weighted by Gasteiger charge is 2.25. The molecule has 1 aromatic heterocycles. The molecule has 0 saturated heterocycles. The average Bonchev–Trinajstić information content (AvgIpc) is 3.00. The molecule has 0 bridgehead atoms. The van der Waals surface area contributed by atoms with E-state index in [2.05, 4.69) is 10.4 Å². The summed E-state index contributed by atoms with van der Waals surface area (Å²) < 4.78 is 1.68. The van der Waals surface area contributed by atoms with Crippen LogP contribution in [0.4, 0.5) is 5.69 Å². The predicted octanol–water partition coefficient (Wildman–Crippen LogP) is 2.17. The highest BCUT2D eigenvalue weighted by molar-refractivity contribution is 5.94. The van der Waals surface area contributed by atoms with Crippen LogP contribution in [0, 0.1) is 11.8 Å². The molecule has 1 amide bonds. The highest BCUT2D eigenvalue weighted by Crippen LogP contribution is 2.17. The van der Waals surface area contributed by atoms with Crippen molar-refractivity contribution in [3.8, 4) is 5.69 Å². The quantitative estimate of drug-likeness (QED) is 0.882. The minimum Gasteiger partial charge on any atom is -0.481 e. The van der Waals surface area contributed by atoms with E-state index in [1.54, 1.807) is 42.2 Å². The first-order chi connectivity index (χ1) is 9.99. The van der Waals surface area contributed by atoms with Gasteiger partial charge in [0.15, 0.2) is 0 Å². The van der Waals surface area contributed by atoms with Crippen LogP contribution in [0.15, 0.2) is 42.7 Å². The lowest BCUT2D eigenvalue weighted by atomic mass is 9.95. The summed E-state index contributed by atoms with van der Waals surface area (Å²) in [5, 5.41) is 15.8. The Morgan fingerprint density at radius 2 is 2.00 bits per heavy atom. The molecule has 0 aliphatic heterocycles. The lowest BCUT2D eigenvalue weighted by Gasteiger charge is -2.16. The van der Waals surface area contributed by atoms with Crippen molar-refractivity contribution in [2.45, 2.75) is 13.8 Å². The third kappa shape index (κ3) is 3.47. The van der Waals surface area contributed by atoms with Gasteiger partial charge in [-0.05, 0) is 24.3 Å². The molecule has 2 unspecified atom stereocenters. The van der Waals surface area contributed by atoms with E-state index in [-0.39, 0.29) is 5.91 Å². The van der Waals surface area contributed by atoms with Gasteiger partial charge in [0.2, 0.25) is 5.91 Å². The molecule has 1 heterocycles. The van der Waals surface area contributed by atoms with E-state index >= 15 is 0 Å². The van der Waals surface area contributed by atoms with Crippen molar-refractivity contribution in [1.82, 2.24) is 9.78 Å². The Labute approximate surface area is 122 Å². The van der Waals surface area contributed by atoms with E-state index in [0.717, 1.165) is 5.69 Å². The maximum absolute atomic E-state index is 12.1. The molecule has 2 N–H and O–H groups in total. The van der Waals surface area contributed by atoms with Crippen molar-refractivity contribution >= 4 is 17.6 Å². The number of carboxylic acid groups (broad SMARTS) is 1. The second-order valence-electron chi connectivity index (χ2n) is 4.91. The van der Waals surface area contributed by atoms with Crippen LogP contribution in [0.5, 0.6) is 0 Å². The number of amides is 1. The van der Waals surface area contributed by atoms with Crippen molar-refractivity contribution in [3.63, 3.8) is 0 Å². The van der Waals surface area contributed by atoms with Gasteiger partial charge in [-0.25, -0.2) is 4.68 Å². The standard InChI is InChI=1S/C15H17N3O3/c1-10(11(2)15(20)21)14(19)17-12-5-3-6-13(9-12)18-8-4-7-16-18/h3-11H,1-2H3,(H,17,19)(H,20,21). The number of hydrogen-bond acceptors (Lipinski definition) is 3. The molecule has 0 aliphatic rings. The number of hydrogen-bond donors (Lipinski definition) is 2. The van der Waals surface area contributed by atoms with Crippen molar-refractivity contribution in [3.05, 3.63) is 42.7 Å². The summed E-state index contributed by atoms with van der Waals surface area (Å²) in [4.78, 5) is 23.0. The maximum atomic E-state index is 12.1. The fourth-order valence-electron chi connectivity index (χ4n) is 1.84. The second kappa shape index (κ2) is 6.21. The van der Waals surface area contributed by atoms with Crippen molar-refractivity contribution < 1.29 is 14.7 Å². The number of aliphatic carboxylic acids is 1. The van der Waals surface area contributed by atoms with E-state index < -0.39 is 17.8 Å². The van der Waals surface area contributed by atoms with Gasteiger partial charge in [-0.2, -0.15) is 5.10 Å². The van der Waals surface area contributed by atoms with Crippen LogP contribution in [0.2, 0.25) is 0 Å². The summed E-state index contributed by atoms with van der Waals surface area (Å²) in [7, 11) is 0. The Bertz CT molecular complexity index is 637. The molecule has 2 aromatic rings. The molecule has 0 aliphatic carbocycles. The molecular weight excluding hydrogens is 270 g/mol. The van der Waals surface area contributed by atoms with Gasteiger partial charge in [0.1, 0.15) is 0 Å². The minimum atomic E-state index is -0.983. The smallest absolute Gasteiger partial charge is 0.307 e. The molecule has 6 heteroatoms. The van der Waals surface area contributed by atoms with Crippen molar-refractivity contribution in [2.75, 3.05) is 5.32 Å². The summed E-state index contributed by atoms with van der Waals surface area (Å²) in [5.74, 6) is -2.65. The normalized spacial score (nSPS) is 13.4. The zero-order valence-corrected chi connectivity index (χ0v) is 11.9. The molecule has 2 atom stereocenters. The van der Waals surface area contributed by atoms with Crippen LogP contribution in [-0.4, -0.2) is 26.8 Å². The van der Waals surface area contributed by atoms with E-state index in [4.69, 9.17) is 5.11 Å². The van der Waals surface area contributed by atoms with Crippen molar-refractivity contribution in [1.29, 1.82) is 0 Å². The molecule has 6 nitrogen and oxygen atoms in total. The number of benzene rings is 1. The van der Waals surface area contributed by atoms with Crippen molar-refractivity contribution in [2.24, 2.45) is 11.8 Å². The van der Waals surface area contributed by atoms with E-state index in [9.17, 15) is 9.59 Å². The lowest BCUT2D eigenvalue weighted by Crippen LogP contribution is -2.29. The number of carbonyl (C=O) groups excluding carboxylic acids is 1. The Hall–Kier alpha value is -2.63. The summed E-state index contributed by atoms with van der Waals surface area (Å²) in [6.45, 7) is 3.12. The molecular formula is C15H17N3O3. The number of nitrogens with one attached hydrogen (secondary N) is 1. The Balaban J connectivity index is 2.11. The number of rotatable bonds is 5. The van der Waals surface area contributed by atoms with Gasteiger partial charge < -0.3 is 10.4 Å². The lowest BCUT2D eigenvalue weighted by molar-refractivity contribution is -0.145. The average molecular weight is 287 g/mol. The predicted molar refractivity (Wildman–Crippen MR) is 78.2 cm³/mol. The molecule has 0 spiro atoms. The molecule has 110 valence electrons. The zero-order valence-electron chi connectivity index (χ0n) is 11.9. The summed E-state index contributed by atoms with van der Waals surface area (Å²) >= 11 is 0. The van der Waals surface area contributed by atoms with E-state index in [0.29, 0.717) is 5.69 Å². The largest absolute Gasteiger partial charge is 0.481 e. The molecule has 0 radical (unpaired) electrons. The first-order valence-corrected chi connectivity index (χ1v) is 6.63. The molecule has 1 aromatic carbocycles. The van der Waals surface area contributed by atoms with Gasteiger partial charge in [0.25, 0.3) is 0 Å². The molecule has 0 fully saturated rings. The van der Waals surface area contributed by atoms with Gasteiger partial charge in [-0.1, -0.05) is 19.9 Å². The maximum Gasteiger partial charge on any atom is 0.307 e. The number of anilines is 1. The summed E-state index contributed by atoms with van der Waals surface area (Å²) in [6, 6.07) is 9.01.